The van der Waals surface area contributed by atoms with Crippen molar-refractivity contribution in [2.45, 2.75) is 13.0 Å². The third kappa shape index (κ3) is 2.88. The molecule has 4 heteroatoms. The van der Waals surface area contributed by atoms with Gasteiger partial charge < -0.3 is 0 Å². The number of rotatable bonds is 3. The molecule has 0 spiro atoms. The Bertz CT molecular complexity index is 342. The predicted molar refractivity (Wildman–Crippen MR) is 52.1 cm³/mol. The highest BCUT2D eigenvalue weighted by Crippen LogP contribution is 1.96. The average molecular weight is 189 g/mol. The van der Waals surface area contributed by atoms with Crippen LogP contribution in [0, 0.1) is 11.3 Å². The monoisotopic (exact) mass is 189 g/mol. The van der Waals surface area contributed by atoms with Gasteiger partial charge in [0.25, 0.3) is 5.91 Å². The van der Waals surface area contributed by atoms with Crippen molar-refractivity contribution in [2.24, 2.45) is 0 Å². The van der Waals surface area contributed by atoms with Crippen molar-refractivity contribution in [3.05, 3.63) is 35.9 Å². The Kier molecular flexibility index (Phi) is 3.65. The molecule has 0 fully saturated rings. The molecule has 0 aliphatic rings. The third-order valence-electron chi connectivity index (χ3n) is 1.63. The lowest BCUT2D eigenvalue weighted by Crippen LogP contribution is -2.42. The summed E-state index contributed by atoms with van der Waals surface area (Å²) >= 11 is 0. The summed E-state index contributed by atoms with van der Waals surface area (Å²) < 4.78 is 0. The van der Waals surface area contributed by atoms with E-state index in [2.05, 4.69) is 10.9 Å². The van der Waals surface area contributed by atoms with Crippen LogP contribution in [-0.4, -0.2) is 11.9 Å². The van der Waals surface area contributed by atoms with Gasteiger partial charge in [-0.2, -0.15) is 5.26 Å². The smallest absolute Gasteiger partial charge is 0.265 e. The molecule has 1 rings (SSSR count). The van der Waals surface area contributed by atoms with Gasteiger partial charge in [0, 0.05) is 5.56 Å². The minimum Gasteiger partial charge on any atom is -0.286 e. The maximum absolute atomic E-state index is 11.4. The van der Waals surface area contributed by atoms with Gasteiger partial charge in [0.1, 0.15) is 6.04 Å². The molecule has 4 nitrogen and oxygen atoms in total. The van der Waals surface area contributed by atoms with Gasteiger partial charge in [0.2, 0.25) is 0 Å². The fraction of sp³-hybridized carbons (Fsp3) is 0.200. The first kappa shape index (κ1) is 10.2. The van der Waals surface area contributed by atoms with Gasteiger partial charge in [-0.05, 0) is 19.1 Å². The van der Waals surface area contributed by atoms with E-state index in [1.807, 2.05) is 12.1 Å². The molecule has 72 valence electrons. The molecule has 0 radical (unpaired) electrons. The Morgan fingerprint density at radius 1 is 1.43 bits per heavy atom. The molecule has 1 unspecified atom stereocenters. The summed E-state index contributed by atoms with van der Waals surface area (Å²) in [6.07, 6.45) is 0. The van der Waals surface area contributed by atoms with Gasteiger partial charge in [-0.1, -0.05) is 18.2 Å². The minimum atomic E-state index is -0.400. The number of benzene rings is 1. The van der Waals surface area contributed by atoms with Crippen LogP contribution < -0.4 is 10.9 Å². The molecule has 1 atom stereocenters. The number of carbonyl (C=O) groups excluding carboxylic acids is 1. The van der Waals surface area contributed by atoms with Gasteiger partial charge >= 0.3 is 0 Å². The van der Waals surface area contributed by atoms with E-state index in [1.54, 1.807) is 31.2 Å². The molecule has 0 bridgehead atoms. The van der Waals surface area contributed by atoms with E-state index >= 15 is 0 Å². The Morgan fingerprint density at radius 3 is 2.64 bits per heavy atom. The van der Waals surface area contributed by atoms with Gasteiger partial charge in [0.05, 0.1) is 6.07 Å². The van der Waals surface area contributed by atoms with Crippen LogP contribution in [0.15, 0.2) is 30.3 Å². The number of hydrazine groups is 1. The molecule has 1 amide bonds. The number of amides is 1. The zero-order valence-corrected chi connectivity index (χ0v) is 7.82. The molecule has 0 heterocycles. The first-order valence-corrected chi connectivity index (χ1v) is 4.24. The van der Waals surface area contributed by atoms with E-state index in [-0.39, 0.29) is 5.91 Å². The maximum Gasteiger partial charge on any atom is 0.265 e. The van der Waals surface area contributed by atoms with Gasteiger partial charge in [-0.25, -0.2) is 5.43 Å². The van der Waals surface area contributed by atoms with Crippen LogP contribution in [0.3, 0.4) is 0 Å². The van der Waals surface area contributed by atoms with E-state index < -0.39 is 6.04 Å². The summed E-state index contributed by atoms with van der Waals surface area (Å²) in [7, 11) is 0. The molecule has 0 aliphatic heterocycles. The number of nitrogens with zero attached hydrogens (tertiary/aromatic N) is 1. The highest BCUT2D eigenvalue weighted by molar-refractivity contribution is 5.93. The van der Waals surface area contributed by atoms with Crippen LogP contribution in [-0.2, 0) is 0 Å². The Balaban J connectivity index is 2.49. The molecule has 0 saturated carbocycles. The number of nitriles is 1. The molecule has 14 heavy (non-hydrogen) atoms. The van der Waals surface area contributed by atoms with Gasteiger partial charge in [-0.3, -0.25) is 10.2 Å². The first-order chi connectivity index (χ1) is 6.74. The van der Waals surface area contributed by atoms with Crippen molar-refractivity contribution >= 4 is 5.91 Å². The summed E-state index contributed by atoms with van der Waals surface area (Å²) in [5.74, 6) is -0.243. The molecule has 1 aromatic carbocycles. The zero-order chi connectivity index (χ0) is 10.4. The van der Waals surface area contributed by atoms with Crippen molar-refractivity contribution in [3.63, 3.8) is 0 Å². The lowest BCUT2D eigenvalue weighted by atomic mass is 10.2. The second-order valence-electron chi connectivity index (χ2n) is 2.82. The van der Waals surface area contributed by atoms with Crippen LogP contribution >= 0.6 is 0 Å². The highest BCUT2D eigenvalue weighted by Gasteiger charge is 2.04. The summed E-state index contributed by atoms with van der Waals surface area (Å²) in [6.45, 7) is 1.66. The average Bonchev–Trinajstić information content (AvgIpc) is 2.26. The fourth-order valence-corrected chi connectivity index (χ4v) is 0.868. The van der Waals surface area contributed by atoms with Crippen molar-refractivity contribution in [3.8, 4) is 6.07 Å². The van der Waals surface area contributed by atoms with Crippen LogP contribution in [0.4, 0.5) is 0 Å². The van der Waals surface area contributed by atoms with Crippen LogP contribution in [0.25, 0.3) is 0 Å². The number of hydrogen-bond acceptors (Lipinski definition) is 3. The van der Waals surface area contributed by atoms with Crippen molar-refractivity contribution in [2.75, 3.05) is 0 Å². The Labute approximate surface area is 82.5 Å². The van der Waals surface area contributed by atoms with E-state index in [4.69, 9.17) is 5.26 Å². The van der Waals surface area contributed by atoms with E-state index in [0.717, 1.165) is 0 Å². The standard InChI is InChI=1S/C10H11N3O/c1-8(7-11)12-13-10(14)9-5-3-2-4-6-9/h2-6,8,12H,1H3,(H,13,14). The minimum absolute atomic E-state index is 0.243. The molecule has 2 N–H and O–H groups in total. The largest absolute Gasteiger partial charge is 0.286 e. The number of hydrogen-bond donors (Lipinski definition) is 2. The topological polar surface area (TPSA) is 64.9 Å². The molecule has 0 aromatic heterocycles. The lowest BCUT2D eigenvalue weighted by molar-refractivity contribution is 0.0930. The summed E-state index contributed by atoms with van der Waals surface area (Å²) in [5.41, 5.74) is 5.57. The van der Waals surface area contributed by atoms with Gasteiger partial charge in [0.15, 0.2) is 0 Å². The first-order valence-electron chi connectivity index (χ1n) is 4.24. The molecular weight excluding hydrogens is 178 g/mol. The van der Waals surface area contributed by atoms with E-state index in [1.165, 1.54) is 0 Å². The quantitative estimate of drug-likeness (QED) is 0.692. The van der Waals surface area contributed by atoms with Crippen LogP contribution in [0.1, 0.15) is 17.3 Å². The summed E-state index contributed by atoms with van der Waals surface area (Å²) in [6, 6.07) is 10.3. The van der Waals surface area contributed by atoms with Crippen LogP contribution in [0.5, 0.6) is 0 Å². The number of nitrogens with one attached hydrogen (secondary N) is 2. The second-order valence-corrected chi connectivity index (χ2v) is 2.82. The zero-order valence-electron chi connectivity index (χ0n) is 7.82. The molecule has 1 aromatic rings. The normalized spacial score (nSPS) is 11.4. The lowest BCUT2D eigenvalue weighted by Gasteiger charge is -2.07. The fourth-order valence-electron chi connectivity index (χ4n) is 0.868. The van der Waals surface area contributed by atoms with E-state index in [9.17, 15) is 4.79 Å². The predicted octanol–water partition coefficient (Wildman–Crippen LogP) is 0.833. The van der Waals surface area contributed by atoms with Crippen molar-refractivity contribution in [1.29, 1.82) is 5.26 Å². The second kappa shape index (κ2) is 5.00. The SMILES string of the molecule is CC(C#N)NNC(=O)c1ccccc1. The Hall–Kier alpha value is -1.86. The maximum atomic E-state index is 11.4. The molecule has 0 saturated heterocycles. The third-order valence-corrected chi connectivity index (χ3v) is 1.63. The molecule has 0 aliphatic carbocycles. The highest BCUT2D eigenvalue weighted by atomic mass is 16.2. The van der Waals surface area contributed by atoms with Crippen molar-refractivity contribution < 1.29 is 4.79 Å². The van der Waals surface area contributed by atoms with E-state index in [0.29, 0.717) is 5.56 Å². The summed E-state index contributed by atoms with van der Waals surface area (Å²) in [5, 5.41) is 8.45. The van der Waals surface area contributed by atoms with Crippen molar-refractivity contribution in [1.82, 2.24) is 10.9 Å². The van der Waals surface area contributed by atoms with Crippen LogP contribution in [0.2, 0.25) is 0 Å². The number of carbonyl (C=O) groups is 1. The summed E-state index contributed by atoms with van der Waals surface area (Å²) in [4.78, 5) is 11.4. The molecular formula is C10H11N3O. The van der Waals surface area contributed by atoms with Gasteiger partial charge in [-0.15, -0.1) is 0 Å². The Morgan fingerprint density at radius 2 is 2.07 bits per heavy atom.